The minimum Gasteiger partial charge on any atom is -0.306 e. The molecule has 11 heteroatoms. The fourth-order valence-electron chi connectivity index (χ4n) is 3.05. The predicted molar refractivity (Wildman–Crippen MR) is 106 cm³/mol. The summed E-state index contributed by atoms with van der Waals surface area (Å²) in [4.78, 5) is 22.9. The quantitative estimate of drug-likeness (QED) is 0.499. The van der Waals surface area contributed by atoms with E-state index in [0.29, 0.717) is 22.0 Å². The first-order valence-electron chi connectivity index (χ1n) is 8.36. The first-order chi connectivity index (χ1) is 13.7. The van der Waals surface area contributed by atoms with Gasteiger partial charge >= 0.3 is 0 Å². The highest BCUT2D eigenvalue weighted by Gasteiger charge is 2.33. The molecule has 4 rings (SSSR count). The number of nitrogens with zero attached hydrogens (tertiary/aromatic N) is 3. The van der Waals surface area contributed by atoms with Crippen LogP contribution in [0.3, 0.4) is 0 Å². The number of non-ortho nitro benzene ring substituents is 1. The Kier molecular flexibility index (Phi) is 4.59. The Morgan fingerprint density at radius 2 is 1.76 bits per heavy atom. The predicted octanol–water partition coefficient (Wildman–Crippen LogP) is 3.11. The number of rotatable bonds is 4. The number of nitro groups is 1. The normalized spacial score (nSPS) is 14.4. The van der Waals surface area contributed by atoms with E-state index in [4.69, 9.17) is 11.6 Å². The van der Waals surface area contributed by atoms with E-state index >= 15 is 0 Å². The van der Waals surface area contributed by atoms with Crippen molar-refractivity contribution in [2.75, 3.05) is 5.32 Å². The van der Waals surface area contributed by atoms with Gasteiger partial charge in [0.15, 0.2) is 9.84 Å². The topological polar surface area (TPSA) is 124 Å². The first-order valence-corrected chi connectivity index (χ1v) is 10.6. The second kappa shape index (κ2) is 6.98. The van der Waals surface area contributed by atoms with Crippen LogP contribution in [0.25, 0.3) is 5.69 Å². The van der Waals surface area contributed by atoms with Crippen LogP contribution in [0.1, 0.15) is 21.6 Å². The SMILES string of the molecule is O=C(Nc1c2c(nn1-c1ccc(Cl)cc1)CS(=O)(=O)C2)c1ccc([N+](=O)[O-])cc1. The minimum absolute atomic E-state index is 0.139. The number of fused-ring (bicyclic) bond motifs is 1. The number of amides is 1. The molecule has 3 aromatic rings. The van der Waals surface area contributed by atoms with Crippen LogP contribution >= 0.6 is 11.6 Å². The summed E-state index contributed by atoms with van der Waals surface area (Å²) in [5.41, 5.74) is 1.45. The van der Waals surface area contributed by atoms with Gasteiger partial charge in [-0.05, 0) is 36.4 Å². The molecular formula is C18H13ClN4O5S. The minimum atomic E-state index is -3.33. The molecule has 2 aromatic carbocycles. The fraction of sp³-hybridized carbons (Fsp3) is 0.111. The molecule has 1 aliphatic heterocycles. The van der Waals surface area contributed by atoms with Crippen molar-refractivity contribution in [2.24, 2.45) is 0 Å². The van der Waals surface area contributed by atoms with Crippen molar-refractivity contribution in [2.45, 2.75) is 11.5 Å². The lowest BCUT2D eigenvalue weighted by molar-refractivity contribution is -0.384. The zero-order valence-electron chi connectivity index (χ0n) is 14.7. The molecule has 1 aromatic heterocycles. The molecule has 2 heterocycles. The first kappa shape index (κ1) is 19.1. The van der Waals surface area contributed by atoms with Crippen molar-refractivity contribution in [3.63, 3.8) is 0 Å². The Labute approximate surface area is 170 Å². The number of benzene rings is 2. The zero-order chi connectivity index (χ0) is 20.8. The molecule has 1 aliphatic rings. The maximum absolute atomic E-state index is 12.7. The molecule has 0 saturated heterocycles. The summed E-state index contributed by atoms with van der Waals surface area (Å²) in [6.45, 7) is 0. The Bertz CT molecular complexity index is 1230. The number of carbonyl (C=O) groups excluding carboxylic acids is 1. The van der Waals surface area contributed by atoms with Crippen LogP contribution in [-0.4, -0.2) is 29.0 Å². The number of halogens is 1. The van der Waals surface area contributed by atoms with Crippen LogP contribution in [-0.2, 0) is 21.3 Å². The van der Waals surface area contributed by atoms with Crippen molar-refractivity contribution >= 4 is 38.9 Å². The van der Waals surface area contributed by atoms with E-state index in [2.05, 4.69) is 10.4 Å². The Morgan fingerprint density at radius 3 is 2.38 bits per heavy atom. The van der Waals surface area contributed by atoms with Gasteiger partial charge in [0.2, 0.25) is 0 Å². The summed E-state index contributed by atoms with van der Waals surface area (Å²) in [5, 5.41) is 18.4. The van der Waals surface area contributed by atoms with Crippen molar-refractivity contribution in [3.05, 3.63) is 80.5 Å². The zero-order valence-corrected chi connectivity index (χ0v) is 16.3. The van der Waals surface area contributed by atoms with E-state index in [0.717, 1.165) is 0 Å². The third kappa shape index (κ3) is 3.71. The lowest BCUT2D eigenvalue weighted by Gasteiger charge is -2.11. The van der Waals surface area contributed by atoms with Gasteiger partial charge in [0.1, 0.15) is 5.82 Å². The van der Waals surface area contributed by atoms with Crippen LogP contribution in [0.5, 0.6) is 0 Å². The van der Waals surface area contributed by atoms with Crippen LogP contribution in [0.15, 0.2) is 48.5 Å². The van der Waals surface area contributed by atoms with Crippen molar-refractivity contribution in [1.82, 2.24) is 9.78 Å². The van der Waals surface area contributed by atoms with Crippen LogP contribution in [0.4, 0.5) is 11.5 Å². The molecule has 0 bridgehead atoms. The average Bonchev–Trinajstić information content (AvgIpc) is 3.15. The number of carbonyl (C=O) groups is 1. The standard InChI is InChI=1S/C18H13ClN4O5S/c19-12-3-7-13(8-4-12)22-17(15-9-29(27,28)10-16(15)21-22)20-18(24)11-1-5-14(6-2-11)23(25)26/h1-8H,9-10H2,(H,20,24). The second-order valence-electron chi connectivity index (χ2n) is 6.45. The molecule has 9 nitrogen and oxygen atoms in total. The number of sulfone groups is 1. The van der Waals surface area contributed by atoms with E-state index in [1.807, 2.05) is 0 Å². The maximum Gasteiger partial charge on any atom is 0.269 e. The Balaban J connectivity index is 1.73. The highest BCUT2D eigenvalue weighted by molar-refractivity contribution is 7.90. The average molecular weight is 433 g/mol. The fourth-order valence-corrected chi connectivity index (χ4v) is 4.67. The Hall–Kier alpha value is -3.24. The van der Waals surface area contributed by atoms with Gasteiger partial charge in [0.05, 0.1) is 27.8 Å². The molecule has 0 unspecified atom stereocenters. The summed E-state index contributed by atoms with van der Waals surface area (Å²) >= 11 is 5.92. The van der Waals surface area contributed by atoms with E-state index in [9.17, 15) is 23.3 Å². The van der Waals surface area contributed by atoms with Gasteiger partial charge in [-0.15, -0.1) is 0 Å². The van der Waals surface area contributed by atoms with Gasteiger partial charge in [-0.25, -0.2) is 13.1 Å². The molecule has 0 spiro atoms. The van der Waals surface area contributed by atoms with Gasteiger partial charge in [0, 0.05) is 28.3 Å². The second-order valence-corrected chi connectivity index (χ2v) is 8.95. The van der Waals surface area contributed by atoms with Crippen LogP contribution in [0, 0.1) is 10.1 Å². The monoisotopic (exact) mass is 432 g/mol. The molecule has 0 radical (unpaired) electrons. The molecule has 0 atom stereocenters. The van der Waals surface area contributed by atoms with Gasteiger partial charge < -0.3 is 5.32 Å². The largest absolute Gasteiger partial charge is 0.306 e. The highest BCUT2D eigenvalue weighted by atomic mass is 35.5. The lowest BCUT2D eigenvalue weighted by atomic mass is 10.2. The third-order valence-electron chi connectivity index (χ3n) is 4.43. The third-order valence-corrected chi connectivity index (χ3v) is 6.12. The van der Waals surface area contributed by atoms with Gasteiger partial charge in [-0.3, -0.25) is 14.9 Å². The van der Waals surface area contributed by atoms with E-state index in [1.165, 1.54) is 28.9 Å². The Morgan fingerprint density at radius 1 is 1.10 bits per heavy atom. The number of aromatic nitrogens is 2. The lowest BCUT2D eigenvalue weighted by Crippen LogP contribution is -2.17. The number of hydrogen-bond acceptors (Lipinski definition) is 6. The summed E-state index contributed by atoms with van der Waals surface area (Å²) in [5.74, 6) is -0.733. The number of anilines is 1. The van der Waals surface area contributed by atoms with E-state index < -0.39 is 20.7 Å². The van der Waals surface area contributed by atoms with Crippen molar-refractivity contribution < 1.29 is 18.1 Å². The number of hydrogen-bond donors (Lipinski definition) is 1. The molecule has 148 valence electrons. The van der Waals surface area contributed by atoms with Crippen molar-refractivity contribution in [3.8, 4) is 5.69 Å². The molecule has 0 aliphatic carbocycles. The van der Waals surface area contributed by atoms with Gasteiger partial charge in [-0.1, -0.05) is 11.6 Å². The summed E-state index contributed by atoms with van der Waals surface area (Å²) in [6.07, 6.45) is 0. The molecule has 0 saturated carbocycles. The van der Waals surface area contributed by atoms with Crippen LogP contribution < -0.4 is 5.32 Å². The summed E-state index contributed by atoms with van der Waals surface area (Å²) in [7, 11) is -3.33. The van der Waals surface area contributed by atoms with Gasteiger partial charge in [0.25, 0.3) is 11.6 Å². The molecule has 1 amide bonds. The number of nitro benzene ring substituents is 1. The summed E-state index contributed by atoms with van der Waals surface area (Å²) < 4.78 is 25.5. The summed E-state index contributed by atoms with van der Waals surface area (Å²) in [6, 6.07) is 11.8. The molecule has 1 N–H and O–H groups in total. The van der Waals surface area contributed by atoms with Crippen molar-refractivity contribution in [1.29, 1.82) is 0 Å². The highest BCUT2D eigenvalue weighted by Crippen LogP contribution is 2.33. The van der Waals surface area contributed by atoms with E-state index in [-0.39, 0.29) is 28.6 Å². The molecular weight excluding hydrogens is 420 g/mol. The van der Waals surface area contributed by atoms with Gasteiger partial charge in [-0.2, -0.15) is 5.10 Å². The maximum atomic E-state index is 12.7. The number of nitrogens with one attached hydrogen (secondary N) is 1. The molecule has 0 fully saturated rings. The molecule has 29 heavy (non-hydrogen) atoms. The van der Waals surface area contributed by atoms with E-state index in [1.54, 1.807) is 24.3 Å². The van der Waals surface area contributed by atoms with Crippen LogP contribution in [0.2, 0.25) is 5.02 Å². The smallest absolute Gasteiger partial charge is 0.269 e.